The van der Waals surface area contributed by atoms with Crippen LogP contribution in [0.2, 0.25) is 0 Å². The number of nitrogens with zero attached hydrogens (tertiary/aromatic N) is 1. The summed E-state index contributed by atoms with van der Waals surface area (Å²) in [5.41, 5.74) is 0.761. The van der Waals surface area contributed by atoms with Crippen LogP contribution in [0, 0.1) is 0 Å². The molecule has 0 atom stereocenters. The van der Waals surface area contributed by atoms with Crippen LogP contribution in [0.1, 0.15) is 5.69 Å². The Labute approximate surface area is 78.7 Å². The first-order valence-corrected chi connectivity index (χ1v) is 4.35. The van der Waals surface area contributed by atoms with E-state index in [2.05, 4.69) is 20.9 Å². The summed E-state index contributed by atoms with van der Waals surface area (Å²) in [5, 5.41) is 0. The van der Waals surface area contributed by atoms with E-state index in [4.69, 9.17) is 16.3 Å². The number of rotatable bonds is 2. The molecule has 1 rings (SSSR count). The van der Waals surface area contributed by atoms with Crippen LogP contribution in [0.25, 0.3) is 0 Å². The van der Waals surface area contributed by atoms with Crippen LogP contribution < -0.4 is 4.74 Å². The second-order valence-corrected chi connectivity index (χ2v) is 3.12. The molecule has 0 radical (unpaired) electrons. The van der Waals surface area contributed by atoms with E-state index in [1.165, 1.54) is 0 Å². The zero-order valence-electron chi connectivity index (χ0n) is 5.97. The molecule has 0 amide bonds. The zero-order chi connectivity index (χ0) is 8.27. The molecule has 0 aromatic carbocycles. The highest BCUT2D eigenvalue weighted by Crippen LogP contribution is 2.21. The van der Waals surface area contributed by atoms with Gasteiger partial charge in [-0.05, 0) is 22.0 Å². The maximum atomic E-state index is 5.61. The molecule has 60 valence electrons. The SMILES string of the molecule is COc1cc(Br)cnc1CCl. The summed E-state index contributed by atoms with van der Waals surface area (Å²) in [4.78, 5) is 4.06. The lowest BCUT2D eigenvalue weighted by atomic mass is 10.3. The number of ether oxygens (including phenoxy) is 1. The van der Waals surface area contributed by atoms with Crippen molar-refractivity contribution in [2.24, 2.45) is 0 Å². The predicted octanol–water partition coefficient (Wildman–Crippen LogP) is 2.59. The lowest BCUT2D eigenvalue weighted by Gasteiger charge is -2.03. The molecule has 0 spiro atoms. The quantitative estimate of drug-likeness (QED) is 0.737. The fourth-order valence-electron chi connectivity index (χ4n) is 0.726. The van der Waals surface area contributed by atoms with Gasteiger partial charge < -0.3 is 4.74 Å². The van der Waals surface area contributed by atoms with Crippen LogP contribution in [0.15, 0.2) is 16.7 Å². The van der Waals surface area contributed by atoms with Crippen molar-refractivity contribution in [3.63, 3.8) is 0 Å². The summed E-state index contributed by atoms with van der Waals surface area (Å²) >= 11 is 8.89. The van der Waals surface area contributed by atoms with E-state index in [0.29, 0.717) is 5.88 Å². The van der Waals surface area contributed by atoms with Crippen LogP contribution >= 0.6 is 27.5 Å². The first kappa shape index (κ1) is 8.81. The van der Waals surface area contributed by atoms with Crippen molar-refractivity contribution in [2.45, 2.75) is 5.88 Å². The fraction of sp³-hybridized carbons (Fsp3) is 0.286. The highest BCUT2D eigenvalue weighted by atomic mass is 79.9. The van der Waals surface area contributed by atoms with Gasteiger partial charge in [-0.25, -0.2) is 0 Å². The molecule has 0 saturated heterocycles. The topological polar surface area (TPSA) is 22.1 Å². The van der Waals surface area contributed by atoms with Crippen LogP contribution in [0.5, 0.6) is 5.75 Å². The minimum atomic E-state index is 0.371. The van der Waals surface area contributed by atoms with E-state index in [0.717, 1.165) is 15.9 Å². The monoisotopic (exact) mass is 235 g/mol. The van der Waals surface area contributed by atoms with Gasteiger partial charge >= 0.3 is 0 Å². The number of halogens is 2. The molecule has 4 heteroatoms. The van der Waals surface area contributed by atoms with Gasteiger partial charge in [-0.2, -0.15) is 0 Å². The van der Waals surface area contributed by atoms with Crippen molar-refractivity contribution in [2.75, 3.05) is 7.11 Å². The van der Waals surface area contributed by atoms with Crippen LogP contribution in [0.3, 0.4) is 0 Å². The van der Waals surface area contributed by atoms with Crippen molar-refractivity contribution in [3.8, 4) is 5.75 Å². The Morgan fingerprint density at radius 1 is 1.73 bits per heavy atom. The van der Waals surface area contributed by atoms with Crippen molar-refractivity contribution in [1.29, 1.82) is 0 Å². The third-order valence-electron chi connectivity index (χ3n) is 1.24. The van der Waals surface area contributed by atoms with Gasteiger partial charge in [0.2, 0.25) is 0 Å². The molecule has 0 aliphatic carbocycles. The Hall–Kier alpha value is -0.280. The summed E-state index contributed by atoms with van der Waals surface area (Å²) in [6, 6.07) is 1.84. The zero-order valence-corrected chi connectivity index (χ0v) is 8.32. The first-order valence-electron chi connectivity index (χ1n) is 3.02. The molecule has 0 aliphatic heterocycles. The standard InChI is InChI=1S/C7H7BrClNO/c1-11-7-2-5(8)4-10-6(7)3-9/h2,4H,3H2,1H3. The molecule has 0 fully saturated rings. The second-order valence-electron chi connectivity index (χ2n) is 1.94. The van der Waals surface area contributed by atoms with Gasteiger partial charge in [-0.1, -0.05) is 0 Å². The van der Waals surface area contributed by atoms with E-state index < -0.39 is 0 Å². The van der Waals surface area contributed by atoms with Gasteiger partial charge in [0, 0.05) is 10.7 Å². The Bertz CT molecular complexity index is 254. The van der Waals surface area contributed by atoms with Crippen molar-refractivity contribution in [3.05, 3.63) is 22.4 Å². The third-order valence-corrected chi connectivity index (χ3v) is 1.93. The number of hydrogen-bond acceptors (Lipinski definition) is 2. The predicted molar refractivity (Wildman–Crippen MR) is 48.0 cm³/mol. The molecular weight excluding hydrogens is 229 g/mol. The van der Waals surface area contributed by atoms with Crippen molar-refractivity contribution >= 4 is 27.5 Å². The van der Waals surface area contributed by atoms with Gasteiger partial charge in [0.1, 0.15) is 5.75 Å². The van der Waals surface area contributed by atoms with Gasteiger partial charge in [0.25, 0.3) is 0 Å². The summed E-state index contributed by atoms with van der Waals surface area (Å²) in [7, 11) is 1.60. The number of alkyl halides is 1. The van der Waals surface area contributed by atoms with Crippen molar-refractivity contribution in [1.82, 2.24) is 4.98 Å². The van der Waals surface area contributed by atoms with Gasteiger partial charge in [-0.15, -0.1) is 11.6 Å². The summed E-state index contributed by atoms with van der Waals surface area (Å²) in [6.07, 6.45) is 1.69. The maximum Gasteiger partial charge on any atom is 0.142 e. The van der Waals surface area contributed by atoms with Crippen LogP contribution in [-0.4, -0.2) is 12.1 Å². The Kier molecular flexibility index (Phi) is 3.15. The van der Waals surface area contributed by atoms with E-state index in [-0.39, 0.29) is 0 Å². The molecule has 1 heterocycles. The second kappa shape index (κ2) is 3.93. The largest absolute Gasteiger partial charge is 0.495 e. The van der Waals surface area contributed by atoms with E-state index in [9.17, 15) is 0 Å². The smallest absolute Gasteiger partial charge is 0.142 e. The van der Waals surface area contributed by atoms with E-state index in [1.807, 2.05) is 6.07 Å². The molecular formula is C7H7BrClNO. The number of pyridine rings is 1. The maximum absolute atomic E-state index is 5.61. The lowest BCUT2D eigenvalue weighted by Crippen LogP contribution is -1.92. The Morgan fingerprint density at radius 2 is 2.45 bits per heavy atom. The summed E-state index contributed by atoms with van der Waals surface area (Å²) in [5.74, 6) is 1.09. The normalized spacial score (nSPS) is 9.73. The molecule has 0 unspecified atom stereocenters. The molecule has 0 N–H and O–H groups in total. The number of methoxy groups -OCH3 is 1. The number of aromatic nitrogens is 1. The molecule has 1 aromatic heterocycles. The van der Waals surface area contributed by atoms with Gasteiger partial charge in [0.05, 0.1) is 18.7 Å². The van der Waals surface area contributed by atoms with Crippen molar-refractivity contribution < 1.29 is 4.74 Å². The average molecular weight is 236 g/mol. The molecule has 1 aromatic rings. The highest BCUT2D eigenvalue weighted by molar-refractivity contribution is 9.10. The Balaban J connectivity index is 3.06. The number of hydrogen-bond donors (Lipinski definition) is 0. The highest BCUT2D eigenvalue weighted by Gasteiger charge is 2.02. The molecule has 11 heavy (non-hydrogen) atoms. The lowest BCUT2D eigenvalue weighted by molar-refractivity contribution is 0.408. The third kappa shape index (κ3) is 2.07. The molecule has 0 aliphatic rings. The van der Waals surface area contributed by atoms with Gasteiger partial charge in [-0.3, -0.25) is 4.98 Å². The molecule has 0 saturated carbocycles. The van der Waals surface area contributed by atoms with Gasteiger partial charge in [0.15, 0.2) is 0 Å². The van der Waals surface area contributed by atoms with Crippen LogP contribution in [-0.2, 0) is 5.88 Å². The fourth-order valence-corrected chi connectivity index (χ4v) is 1.24. The minimum Gasteiger partial charge on any atom is -0.495 e. The van der Waals surface area contributed by atoms with Crippen LogP contribution in [0.4, 0.5) is 0 Å². The summed E-state index contributed by atoms with van der Waals surface area (Å²) < 4.78 is 5.93. The summed E-state index contributed by atoms with van der Waals surface area (Å²) in [6.45, 7) is 0. The van der Waals surface area contributed by atoms with E-state index >= 15 is 0 Å². The molecule has 2 nitrogen and oxygen atoms in total. The first-order chi connectivity index (χ1) is 5.27. The van der Waals surface area contributed by atoms with E-state index in [1.54, 1.807) is 13.3 Å². The minimum absolute atomic E-state index is 0.371. The average Bonchev–Trinajstić information content (AvgIpc) is 2.04. The Morgan fingerprint density at radius 3 is 3.00 bits per heavy atom. The molecule has 0 bridgehead atoms.